The maximum Gasteiger partial charge on any atom is 0.247 e. The summed E-state index contributed by atoms with van der Waals surface area (Å²) >= 11 is 0. The Labute approximate surface area is 163 Å². The Morgan fingerprint density at radius 1 is 1.18 bits per heavy atom. The summed E-state index contributed by atoms with van der Waals surface area (Å²) < 4.78 is 11.2. The largest absolute Gasteiger partial charge is 0.495 e. The van der Waals surface area contributed by atoms with E-state index in [1.54, 1.807) is 37.6 Å². The molecule has 7 nitrogen and oxygen atoms in total. The van der Waals surface area contributed by atoms with Gasteiger partial charge in [0, 0.05) is 23.5 Å². The number of aryl methyl sites for hydroxylation is 1. The summed E-state index contributed by atoms with van der Waals surface area (Å²) in [6.07, 6.45) is 2.88. The Morgan fingerprint density at radius 3 is 2.79 bits per heavy atom. The summed E-state index contributed by atoms with van der Waals surface area (Å²) in [5, 5.41) is 5.82. The third kappa shape index (κ3) is 4.64. The van der Waals surface area contributed by atoms with Gasteiger partial charge in [-0.25, -0.2) is 4.98 Å². The molecule has 0 saturated carbocycles. The smallest absolute Gasteiger partial charge is 0.247 e. The third-order valence-electron chi connectivity index (χ3n) is 3.78. The number of nitrogens with zero attached hydrogens (tertiary/aromatic N) is 2. The topological polar surface area (TPSA) is 85.4 Å². The molecule has 1 aromatic heterocycles. The Kier molecular flexibility index (Phi) is 5.86. The Bertz CT molecular complexity index is 1000. The highest BCUT2D eigenvalue weighted by atomic mass is 16.5. The molecule has 0 bridgehead atoms. The van der Waals surface area contributed by atoms with Crippen molar-refractivity contribution in [1.29, 1.82) is 0 Å². The molecule has 142 valence electrons. The molecule has 0 aliphatic heterocycles. The fourth-order valence-electron chi connectivity index (χ4n) is 2.40. The van der Waals surface area contributed by atoms with E-state index in [0.717, 1.165) is 11.3 Å². The first-order valence-electron chi connectivity index (χ1n) is 8.54. The van der Waals surface area contributed by atoms with Crippen molar-refractivity contribution in [3.63, 3.8) is 0 Å². The highest BCUT2D eigenvalue weighted by molar-refractivity contribution is 5.98. The number of carbonyl (C=O) groups excluding carboxylic acids is 1. The highest BCUT2D eigenvalue weighted by Gasteiger charge is 2.10. The van der Waals surface area contributed by atoms with E-state index in [1.165, 1.54) is 6.08 Å². The molecule has 0 radical (unpaired) electrons. The van der Waals surface area contributed by atoms with Gasteiger partial charge in [-0.3, -0.25) is 4.79 Å². The molecule has 0 atom stereocenters. The summed E-state index contributed by atoms with van der Waals surface area (Å²) in [4.78, 5) is 20.2. The summed E-state index contributed by atoms with van der Waals surface area (Å²) in [6.45, 7) is 5.29. The number of carbonyl (C=O) groups is 1. The van der Waals surface area contributed by atoms with E-state index in [4.69, 9.17) is 9.47 Å². The first kappa shape index (κ1) is 18.9. The molecule has 3 aromatic rings. The fourth-order valence-corrected chi connectivity index (χ4v) is 2.40. The molecule has 0 aliphatic rings. The number of methoxy groups -OCH3 is 1. The van der Waals surface area contributed by atoms with Crippen molar-refractivity contribution in [1.82, 2.24) is 9.97 Å². The highest BCUT2D eigenvalue weighted by Crippen LogP contribution is 2.29. The molecular formula is C21H20N4O3. The van der Waals surface area contributed by atoms with E-state index < -0.39 is 0 Å². The van der Waals surface area contributed by atoms with Crippen LogP contribution < -0.4 is 20.1 Å². The molecule has 2 N–H and O–H groups in total. The molecule has 1 heterocycles. The molecule has 7 heteroatoms. The van der Waals surface area contributed by atoms with Gasteiger partial charge in [-0.15, -0.1) is 0 Å². The van der Waals surface area contributed by atoms with E-state index in [9.17, 15) is 4.79 Å². The van der Waals surface area contributed by atoms with Gasteiger partial charge in [0.05, 0.1) is 12.8 Å². The van der Waals surface area contributed by atoms with Crippen LogP contribution in [0.1, 0.15) is 5.56 Å². The first-order valence-corrected chi connectivity index (χ1v) is 8.54. The Morgan fingerprint density at radius 2 is 2.00 bits per heavy atom. The molecule has 0 spiro atoms. The number of hydrogen-bond acceptors (Lipinski definition) is 6. The van der Waals surface area contributed by atoms with Crippen molar-refractivity contribution >= 4 is 23.2 Å². The number of rotatable bonds is 7. The number of benzene rings is 2. The van der Waals surface area contributed by atoms with Crippen LogP contribution >= 0.6 is 0 Å². The average molecular weight is 376 g/mol. The van der Waals surface area contributed by atoms with E-state index in [0.29, 0.717) is 29.0 Å². The standard InChI is InChI=1S/C21H20N4O3/c1-4-19(26)23-15-8-7-9-16(12-15)28-20-14(2)13-22-21(25-20)24-17-10-5-6-11-18(17)27-3/h4-13H,1H2,2-3H3,(H,23,26)(H,22,24,25). The third-order valence-corrected chi connectivity index (χ3v) is 3.78. The van der Waals surface area contributed by atoms with Gasteiger partial charge in [0.25, 0.3) is 0 Å². The SMILES string of the molecule is C=CC(=O)Nc1cccc(Oc2nc(Nc3ccccc3OC)ncc2C)c1. The number of para-hydroxylation sites is 2. The zero-order chi connectivity index (χ0) is 19.9. The lowest BCUT2D eigenvalue weighted by Crippen LogP contribution is -2.07. The minimum atomic E-state index is -0.293. The van der Waals surface area contributed by atoms with Crippen molar-refractivity contribution in [2.24, 2.45) is 0 Å². The van der Waals surface area contributed by atoms with Crippen molar-refractivity contribution in [3.05, 3.63) is 72.9 Å². The normalized spacial score (nSPS) is 10.1. The van der Waals surface area contributed by atoms with Gasteiger partial charge in [-0.2, -0.15) is 4.98 Å². The number of amides is 1. The van der Waals surface area contributed by atoms with Crippen molar-refractivity contribution < 1.29 is 14.3 Å². The number of aromatic nitrogens is 2. The van der Waals surface area contributed by atoms with E-state index in [2.05, 4.69) is 27.2 Å². The van der Waals surface area contributed by atoms with Crippen LogP contribution in [0.4, 0.5) is 17.3 Å². The first-order chi connectivity index (χ1) is 13.6. The summed E-state index contributed by atoms with van der Waals surface area (Å²) in [5.74, 6) is 1.70. The Hall–Kier alpha value is -3.87. The van der Waals surface area contributed by atoms with Crippen LogP contribution in [-0.2, 0) is 4.79 Å². The van der Waals surface area contributed by atoms with Gasteiger partial charge in [-0.1, -0.05) is 24.8 Å². The average Bonchev–Trinajstić information content (AvgIpc) is 2.71. The maximum absolute atomic E-state index is 11.5. The number of hydrogen-bond donors (Lipinski definition) is 2. The molecule has 2 aromatic carbocycles. The zero-order valence-corrected chi connectivity index (χ0v) is 15.6. The van der Waals surface area contributed by atoms with Crippen LogP contribution in [-0.4, -0.2) is 23.0 Å². The fraction of sp³-hybridized carbons (Fsp3) is 0.0952. The van der Waals surface area contributed by atoms with Crippen LogP contribution in [0.3, 0.4) is 0 Å². The van der Waals surface area contributed by atoms with E-state index >= 15 is 0 Å². The van der Waals surface area contributed by atoms with Crippen molar-refractivity contribution in [3.8, 4) is 17.4 Å². The molecule has 1 amide bonds. The lowest BCUT2D eigenvalue weighted by atomic mass is 10.3. The number of ether oxygens (including phenoxy) is 2. The molecule has 0 aliphatic carbocycles. The van der Waals surface area contributed by atoms with Gasteiger partial charge in [-0.05, 0) is 37.3 Å². The van der Waals surface area contributed by atoms with Gasteiger partial charge in [0.1, 0.15) is 11.5 Å². The number of anilines is 3. The van der Waals surface area contributed by atoms with E-state index in [1.807, 2.05) is 31.2 Å². The van der Waals surface area contributed by atoms with Crippen molar-refractivity contribution in [2.75, 3.05) is 17.7 Å². The molecule has 0 fully saturated rings. The number of nitrogens with one attached hydrogen (secondary N) is 2. The molecule has 3 rings (SSSR count). The van der Waals surface area contributed by atoms with Crippen LogP contribution in [0.25, 0.3) is 0 Å². The van der Waals surface area contributed by atoms with Gasteiger partial charge >= 0.3 is 0 Å². The quantitative estimate of drug-likeness (QED) is 0.593. The summed E-state index contributed by atoms with van der Waals surface area (Å²) in [7, 11) is 1.60. The summed E-state index contributed by atoms with van der Waals surface area (Å²) in [6, 6.07) is 14.5. The predicted molar refractivity (Wildman–Crippen MR) is 108 cm³/mol. The van der Waals surface area contributed by atoms with Crippen LogP contribution in [0.15, 0.2) is 67.4 Å². The van der Waals surface area contributed by atoms with Crippen LogP contribution in [0.2, 0.25) is 0 Å². The lowest BCUT2D eigenvalue weighted by molar-refractivity contribution is -0.111. The molecule has 0 unspecified atom stereocenters. The summed E-state index contributed by atoms with van der Waals surface area (Å²) in [5.41, 5.74) is 2.11. The molecule has 0 saturated heterocycles. The zero-order valence-electron chi connectivity index (χ0n) is 15.6. The van der Waals surface area contributed by atoms with Gasteiger partial charge < -0.3 is 20.1 Å². The van der Waals surface area contributed by atoms with Crippen molar-refractivity contribution in [2.45, 2.75) is 6.92 Å². The predicted octanol–water partition coefficient (Wildman–Crippen LogP) is 4.45. The maximum atomic E-state index is 11.5. The molecule has 28 heavy (non-hydrogen) atoms. The Balaban J connectivity index is 1.81. The minimum Gasteiger partial charge on any atom is -0.495 e. The minimum absolute atomic E-state index is 0.293. The molecular weight excluding hydrogens is 356 g/mol. The van der Waals surface area contributed by atoms with E-state index in [-0.39, 0.29) is 5.91 Å². The lowest BCUT2D eigenvalue weighted by Gasteiger charge is -2.12. The van der Waals surface area contributed by atoms with Crippen LogP contribution in [0, 0.1) is 6.92 Å². The second kappa shape index (κ2) is 8.68. The monoisotopic (exact) mass is 376 g/mol. The second-order valence-corrected chi connectivity index (χ2v) is 5.83. The van der Waals surface area contributed by atoms with Crippen LogP contribution in [0.5, 0.6) is 17.4 Å². The second-order valence-electron chi connectivity index (χ2n) is 5.83. The van der Waals surface area contributed by atoms with Gasteiger partial charge in [0.15, 0.2) is 0 Å². The van der Waals surface area contributed by atoms with Gasteiger partial charge in [0.2, 0.25) is 17.7 Å².